The summed E-state index contributed by atoms with van der Waals surface area (Å²) in [6, 6.07) is 9.29. The van der Waals surface area contributed by atoms with Crippen molar-refractivity contribution in [3.63, 3.8) is 0 Å². The molecule has 0 aromatic carbocycles. The molecule has 7 nitrogen and oxygen atoms in total. The van der Waals surface area contributed by atoms with Crippen molar-refractivity contribution >= 4 is 17.6 Å². The topological polar surface area (TPSA) is 82.5 Å². The van der Waals surface area contributed by atoms with Crippen molar-refractivity contribution in [1.29, 1.82) is 0 Å². The lowest BCUT2D eigenvalue weighted by atomic mass is 10.0. The molecule has 126 valence electrons. The fourth-order valence-electron chi connectivity index (χ4n) is 2.97. The van der Waals surface area contributed by atoms with E-state index >= 15 is 0 Å². The number of nitrogens with zero attached hydrogens (tertiary/aromatic N) is 5. The SMILES string of the molecule is Cc1ccc(N2CCCC(N(C)c3cccc(C(=O)O)n3)C2)nn1. The van der Waals surface area contributed by atoms with Crippen LogP contribution in [0.15, 0.2) is 30.3 Å². The van der Waals surface area contributed by atoms with E-state index in [4.69, 9.17) is 5.11 Å². The Morgan fingerprint density at radius 1 is 1.29 bits per heavy atom. The van der Waals surface area contributed by atoms with Gasteiger partial charge in [0.25, 0.3) is 0 Å². The van der Waals surface area contributed by atoms with Gasteiger partial charge in [0.15, 0.2) is 11.5 Å². The number of rotatable bonds is 4. The highest BCUT2D eigenvalue weighted by molar-refractivity contribution is 5.85. The van der Waals surface area contributed by atoms with Crippen LogP contribution in [0.1, 0.15) is 29.0 Å². The van der Waals surface area contributed by atoms with Gasteiger partial charge in [-0.3, -0.25) is 0 Å². The van der Waals surface area contributed by atoms with E-state index in [1.165, 1.54) is 6.07 Å². The summed E-state index contributed by atoms with van der Waals surface area (Å²) in [5.74, 6) is 0.549. The van der Waals surface area contributed by atoms with E-state index in [0.29, 0.717) is 5.82 Å². The third kappa shape index (κ3) is 3.45. The maximum absolute atomic E-state index is 11.1. The van der Waals surface area contributed by atoms with Crippen molar-refractivity contribution < 1.29 is 9.90 Å². The molecular weight excluding hydrogens is 306 g/mol. The zero-order valence-corrected chi connectivity index (χ0v) is 13.9. The van der Waals surface area contributed by atoms with Crippen molar-refractivity contribution in [1.82, 2.24) is 15.2 Å². The fourth-order valence-corrected chi connectivity index (χ4v) is 2.97. The second-order valence-electron chi connectivity index (χ2n) is 6.07. The minimum Gasteiger partial charge on any atom is -0.477 e. The molecule has 1 fully saturated rings. The van der Waals surface area contributed by atoms with Gasteiger partial charge < -0.3 is 14.9 Å². The van der Waals surface area contributed by atoms with E-state index in [2.05, 4.69) is 25.0 Å². The lowest BCUT2D eigenvalue weighted by Gasteiger charge is -2.38. The fraction of sp³-hybridized carbons (Fsp3) is 0.412. The molecule has 3 rings (SSSR count). The predicted octanol–water partition coefficient (Wildman–Crippen LogP) is 1.98. The van der Waals surface area contributed by atoms with E-state index in [1.807, 2.05) is 32.2 Å². The van der Waals surface area contributed by atoms with Crippen LogP contribution in [0.5, 0.6) is 0 Å². The summed E-state index contributed by atoms with van der Waals surface area (Å²) in [6.07, 6.45) is 2.08. The summed E-state index contributed by atoms with van der Waals surface area (Å²) >= 11 is 0. The number of pyridine rings is 1. The van der Waals surface area contributed by atoms with Crippen molar-refractivity contribution in [3.05, 3.63) is 41.7 Å². The highest BCUT2D eigenvalue weighted by Gasteiger charge is 2.25. The van der Waals surface area contributed by atoms with Gasteiger partial charge in [0.1, 0.15) is 5.82 Å². The minimum absolute atomic E-state index is 0.0661. The zero-order valence-electron chi connectivity index (χ0n) is 13.9. The predicted molar refractivity (Wildman–Crippen MR) is 91.6 cm³/mol. The Balaban J connectivity index is 1.75. The molecule has 0 amide bonds. The Bertz CT molecular complexity index is 719. The van der Waals surface area contributed by atoms with Gasteiger partial charge in [-0.25, -0.2) is 9.78 Å². The van der Waals surface area contributed by atoms with E-state index in [-0.39, 0.29) is 11.7 Å². The number of aryl methyl sites for hydroxylation is 1. The van der Waals surface area contributed by atoms with Crippen LogP contribution in [0.3, 0.4) is 0 Å². The summed E-state index contributed by atoms with van der Waals surface area (Å²) in [4.78, 5) is 19.6. The molecule has 7 heteroatoms. The molecule has 0 spiro atoms. The number of anilines is 2. The first kappa shape index (κ1) is 16.2. The van der Waals surface area contributed by atoms with Crippen LogP contribution in [-0.2, 0) is 0 Å². The van der Waals surface area contributed by atoms with Crippen LogP contribution in [0, 0.1) is 6.92 Å². The number of piperidine rings is 1. The van der Waals surface area contributed by atoms with Gasteiger partial charge >= 0.3 is 5.97 Å². The Labute approximate surface area is 141 Å². The van der Waals surface area contributed by atoms with Crippen LogP contribution >= 0.6 is 0 Å². The maximum atomic E-state index is 11.1. The van der Waals surface area contributed by atoms with E-state index in [1.54, 1.807) is 6.07 Å². The number of likely N-dealkylation sites (N-methyl/N-ethyl adjacent to an activating group) is 1. The number of carboxylic acids is 1. The first-order chi connectivity index (χ1) is 11.5. The molecule has 1 aliphatic rings. The molecule has 0 bridgehead atoms. The van der Waals surface area contributed by atoms with Gasteiger partial charge in [-0.05, 0) is 44.0 Å². The molecule has 0 saturated carbocycles. The molecule has 2 aromatic rings. The largest absolute Gasteiger partial charge is 0.477 e. The van der Waals surface area contributed by atoms with Gasteiger partial charge in [0.05, 0.1) is 5.69 Å². The number of aromatic carboxylic acids is 1. The number of aromatic nitrogens is 3. The van der Waals surface area contributed by atoms with Crippen LogP contribution in [-0.4, -0.2) is 52.4 Å². The lowest BCUT2D eigenvalue weighted by Crippen LogP contribution is -2.47. The molecule has 24 heavy (non-hydrogen) atoms. The molecule has 1 N–H and O–H groups in total. The third-order valence-electron chi connectivity index (χ3n) is 4.37. The Morgan fingerprint density at radius 3 is 2.83 bits per heavy atom. The maximum Gasteiger partial charge on any atom is 0.354 e. The molecule has 0 aliphatic carbocycles. The average Bonchev–Trinajstić information content (AvgIpc) is 2.62. The lowest BCUT2D eigenvalue weighted by molar-refractivity contribution is 0.0690. The van der Waals surface area contributed by atoms with Crippen LogP contribution in [0.2, 0.25) is 0 Å². The molecule has 1 unspecified atom stereocenters. The average molecular weight is 327 g/mol. The van der Waals surface area contributed by atoms with Crippen LogP contribution < -0.4 is 9.80 Å². The Kier molecular flexibility index (Phi) is 4.59. The summed E-state index contributed by atoms with van der Waals surface area (Å²) in [5.41, 5.74) is 0.968. The first-order valence-corrected chi connectivity index (χ1v) is 8.03. The number of hydrogen-bond donors (Lipinski definition) is 1. The summed E-state index contributed by atoms with van der Waals surface area (Å²) in [5, 5.41) is 17.5. The minimum atomic E-state index is -1.01. The standard InChI is InChI=1S/C17H21N5O2/c1-12-8-9-16(20-19-12)22-10-4-5-13(11-22)21(2)15-7-3-6-14(18-15)17(23)24/h3,6-9,13H,4-5,10-11H2,1-2H3,(H,23,24). The van der Waals surface area contributed by atoms with E-state index < -0.39 is 5.97 Å². The van der Waals surface area contributed by atoms with Gasteiger partial charge in [0.2, 0.25) is 0 Å². The number of carbonyl (C=O) groups is 1. The Morgan fingerprint density at radius 2 is 2.12 bits per heavy atom. The summed E-state index contributed by atoms with van der Waals surface area (Å²) in [7, 11) is 1.96. The van der Waals surface area contributed by atoms with Crippen molar-refractivity contribution in [2.24, 2.45) is 0 Å². The first-order valence-electron chi connectivity index (χ1n) is 8.03. The summed E-state index contributed by atoms with van der Waals surface area (Å²) in [6.45, 7) is 3.68. The quantitative estimate of drug-likeness (QED) is 0.919. The highest BCUT2D eigenvalue weighted by Crippen LogP contribution is 2.23. The van der Waals surface area contributed by atoms with Crippen molar-refractivity contribution in [2.45, 2.75) is 25.8 Å². The van der Waals surface area contributed by atoms with Gasteiger partial charge in [0, 0.05) is 26.2 Å². The second-order valence-corrected chi connectivity index (χ2v) is 6.07. The monoisotopic (exact) mass is 327 g/mol. The third-order valence-corrected chi connectivity index (χ3v) is 4.37. The van der Waals surface area contributed by atoms with E-state index in [9.17, 15) is 4.79 Å². The van der Waals surface area contributed by atoms with E-state index in [0.717, 1.165) is 37.4 Å². The van der Waals surface area contributed by atoms with Gasteiger partial charge in [-0.2, -0.15) is 5.10 Å². The molecule has 2 aromatic heterocycles. The van der Waals surface area contributed by atoms with Crippen molar-refractivity contribution in [3.8, 4) is 0 Å². The van der Waals surface area contributed by atoms with Crippen LogP contribution in [0.25, 0.3) is 0 Å². The normalized spacial score (nSPS) is 17.6. The van der Waals surface area contributed by atoms with Crippen molar-refractivity contribution in [2.75, 3.05) is 29.9 Å². The molecule has 3 heterocycles. The Hall–Kier alpha value is -2.70. The van der Waals surface area contributed by atoms with Crippen LogP contribution in [0.4, 0.5) is 11.6 Å². The molecule has 1 aliphatic heterocycles. The van der Waals surface area contributed by atoms with Gasteiger partial charge in [-0.1, -0.05) is 6.07 Å². The molecular formula is C17H21N5O2. The number of carboxylic acid groups (broad SMARTS) is 1. The second kappa shape index (κ2) is 6.82. The number of hydrogen-bond acceptors (Lipinski definition) is 6. The molecule has 1 atom stereocenters. The highest BCUT2D eigenvalue weighted by atomic mass is 16.4. The van der Waals surface area contributed by atoms with Gasteiger partial charge in [-0.15, -0.1) is 5.10 Å². The smallest absolute Gasteiger partial charge is 0.354 e. The molecule has 0 radical (unpaired) electrons. The zero-order chi connectivity index (χ0) is 17.1. The molecule has 1 saturated heterocycles. The summed E-state index contributed by atoms with van der Waals surface area (Å²) < 4.78 is 0.